The van der Waals surface area contributed by atoms with Crippen LogP contribution in [0.3, 0.4) is 0 Å². The Kier molecular flexibility index (Phi) is 5.18. The smallest absolute Gasteiger partial charge is 0.176 e. The van der Waals surface area contributed by atoms with Crippen LogP contribution in [0.5, 0.6) is 0 Å². The van der Waals surface area contributed by atoms with Crippen LogP contribution in [0.2, 0.25) is 0 Å². The summed E-state index contributed by atoms with van der Waals surface area (Å²) in [6.45, 7) is 9.64. The third kappa shape index (κ3) is 3.58. The molecule has 132 valence electrons. The zero-order valence-corrected chi connectivity index (χ0v) is 16.0. The summed E-state index contributed by atoms with van der Waals surface area (Å²) in [5, 5.41) is 11.7. The van der Waals surface area contributed by atoms with Gasteiger partial charge < -0.3 is 5.11 Å². The van der Waals surface area contributed by atoms with Crippen molar-refractivity contribution >= 4 is 9.84 Å². The fourth-order valence-corrected chi connectivity index (χ4v) is 5.01. The van der Waals surface area contributed by atoms with Crippen LogP contribution < -0.4 is 0 Å². The van der Waals surface area contributed by atoms with Crippen LogP contribution in [0, 0.1) is 17.3 Å². The fraction of sp³-hybridized carbons (Fsp3) is 0.789. The van der Waals surface area contributed by atoms with E-state index in [1.807, 2.05) is 6.08 Å². The molecule has 0 radical (unpaired) electrons. The molecular formula is C19H32O3S. The molecule has 0 heterocycles. The first-order valence-corrected chi connectivity index (χ1v) is 10.3. The van der Waals surface area contributed by atoms with E-state index in [0.717, 1.165) is 32.1 Å². The van der Waals surface area contributed by atoms with Gasteiger partial charge in [0, 0.05) is 5.41 Å². The lowest BCUT2D eigenvalue weighted by Crippen LogP contribution is -2.39. The van der Waals surface area contributed by atoms with Crippen molar-refractivity contribution in [3.63, 3.8) is 0 Å². The highest BCUT2D eigenvalue weighted by atomic mass is 32.2. The van der Waals surface area contributed by atoms with E-state index in [2.05, 4.69) is 19.9 Å². The van der Waals surface area contributed by atoms with Crippen molar-refractivity contribution in [2.75, 3.05) is 0 Å². The van der Waals surface area contributed by atoms with Crippen molar-refractivity contribution in [1.82, 2.24) is 0 Å². The quantitative estimate of drug-likeness (QED) is 0.779. The molecular weight excluding hydrogens is 308 g/mol. The summed E-state index contributed by atoms with van der Waals surface area (Å²) in [4.78, 5) is 0. The van der Waals surface area contributed by atoms with Gasteiger partial charge in [-0.25, -0.2) is 8.42 Å². The maximum Gasteiger partial charge on any atom is 0.176 e. The highest BCUT2D eigenvalue weighted by Gasteiger charge is 2.47. The Morgan fingerprint density at radius 1 is 1.43 bits per heavy atom. The maximum atomic E-state index is 12.2. The van der Waals surface area contributed by atoms with Crippen molar-refractivity contribution in [3.05, 3.63) is 23.1 Å². The summed E-state index contributed by atoms with van der Waals surface area (Å²) in [5.41, 5.74) is 1.51. The molecule has 0 aliphatic heterocycles. The predicted molar refractivity (Wildman–Crippen MR) is 95.7 cm³/mol. The zero-order valence-electron chi connectivity index (χ0n) is 15.2. The minimum absolute atomic E-state index is 0.0911. The fourth-order valence-electron chi connectivity index (χ4n) is 4.23. The van der Waals surface area contributed by atoms with Crippen LogP contribution in [0.25, 0.3) is 0 Å². The molecule has 4 atom stereocenters. The normalized spacial score (nSPS) is 33.6. The van der Waals surface area contributed by atoms with Crippen molar-refractivity contribution in [3.8, 4) is 0 Å². The van der Waals surface area contributed by atoms with Crippen LogP contribution in [0.4, 0.5) is 0 Å². The average Bonchev–Trinajstić information content (AvgIpc) is 2.75. The van der Waals surface area contributed by atoms with Crippen LogP contribution in [-0.4, -0.2) is 24.4 Å². The molecule has 2 aliphatic rings. The first-order chi connectivity index (χ1) is 10.5. The van der Waals surface area contributed by atoms with Crippen molar-refractivity contribution in [2.24, 2.45) is 17.3 Å². The lowest BCUT2D eigenvalue weighted by Gasteiger charge is -2.43. The second-order valence-corrected chi connectivity index (χ2v) is 11.1. The summed E-state index contributed by atoms with van der Waals surface area (Å²) in [6.07, 6.45) is 8.74. The molecule has 2 rings (SSSR count). The lowest BCUT2D eigenvalue weighted by molar-refractivity contribution is 0.00805. The first kappa shape index (κ1) is 18.7. The van der Waals surface area contributed by atoms with Gasteiger partial charge in [-0.1, -0.05) is 31.6 Å². The Hall–Kier alpha value is -0.610. The zero-order chi connectivity index (χ0) is 17.5. The van der Waals surface area contributed by atoms with Crippen LogP contribution in [0.15, 0.2) is 23.1 Å². The largest absolute Gasteiger partial charge is 0.393 e. The van der Waals surface area contributed by atoms with Gasteiger partial charge >= 0.3 is 0 Å². The van der Waals surface area contributed by atoms with Crippen LogP contribution in [-0.2, 0) is 9.84 Å². The topological polar surface area (TPSA) is 54.4 Å². The number of aliphatic hydroxyl groups is 1. The number of fused-ring (bicyclic) bond motifs is 1. The van der Waals surface area contributed by atoms with Crippen molar-refractivity contribution in [1.29, 1.82) is 0 Å². The highest BCUT2D eigenvalue weighted by molar-refractivity contribution is 7.95. The molecule has 2 aliphatic carbocycles. The number of allylic oxidation sites excluding steroid dienone is 3. The summed E-state index contributed by atoms with van der Waals surface area (Å²) in [5.74, 6) is 0.665. The minimum atomic E-state index is -3.20. The van der Waals surface area contributed by atoms with Crippen molar-refractivity contribution < 1.29 is 13.5 Å². The Bertz CT molecular complexity index is 595. The summed E-state index contributed by atoms with van der Waals surface area (Å²) >= 11 is 0. The first-order valence-electron chi connectivity index (χ1n) is 8.79. The molecule has 0 spiro atoms. The predicted octanol–water partition coefficient (Wildman–Crippen LogP) is 4.24. The van der Waals surface area contributed by atoms with Gasteiger partial charge in [-0.15, -0.1) is 0 Å². The van der Waals surface area contributed by atoms with E-state index in [9.17, 15) is 13.5 Å². The molecule has 3 nitrogen and oxygen atoms in total. The van der Waals surface area contributed by atoms with E-state index < -0.39 is 14.6 Å². The van der Waals surface area contributed by atoms with Gasteiger partial charge in [0.2, 0.25) is 0 Å². The van der Waals surface area contributed by atoms with Gasteiger partial charge in [0.1, 0.15) is 0 Å². The second-order valence-electron chi connectivity index (χ2n) is 8.54. The van der Waals surface area contributed by atoms with E-state index in [-0.39, 0.29) is 11.5 Å². The van der Waals surface area contributed by atoms with Crippen LogP contribution >= 0.6 is 0 Å². The van der Waals surface area contributed by atoms with E-state index in [1.165, 1.54) is 11.0 Å². The van der Waals surface area contributed by atoms with Gasteiger partial charge in [0.05, 0.1) is 10.9 Å². The standard InChI is InChI=1S/C19H32O3S/c1-14(8-7-13-23(21,22)18(2,3)4)15-10-11-16-17(20)9-6-12-19(15,16)5/h7,10,13-14,16-17,20H,6,8-9,11-12H2,1-5H3/t14-,16+,17+,19-/m1/s1. The number of sulfone groups is 1. The molecule has 23 heavy (non-hydrogen) atoms. The molecule has 0 amide bonds. The molecule has 0 unspecified atom stereocenters. The Morgan fingerprint density at radius 3 is 2.70 bits per heavy atom. The minimum Gasteiger partial charge on any atom is -0.393 e. The number of hydrogen-bond donors (Lipinski definition) is 1. The summed E-state index contributed by atoms with van der Waals surface area (Å²) in [7, 11) is -3.20. The molecule has 0 aromatic rings. The molecule has 4 heteroatoms. The van der Waals surface area contributed by atoms with Gasteiger partial charge in [0.25, 0.3) is 0 Å². The third-order valence-corrected chi connectivity index (χ3v) is 8.14. The number of aliphatic hydroxyl groups excluding tert-OH is 1. The Balaban J connectivity index is 2.06. The van der Waals surface area contributed by atoms with E-state index in [0.29, 0.717) is 11.8 Å². The maximum absolute atomic E-state index is 12.2. The Morgan fingerprint density at radius 2 is 2.09 bits per heavy atom. The third-order valence-electron chi connectivity index (χ3n) is 5.88. The van der Waals surface area contributed by atoms with Gasteiger partial charge in [-0.3, -0.25) is 0 Å². The molecule has 0 saturated heterocycles. The Labute approximate surface area is 141 Å². The molecule has 1 fully saturated rings. The monoisotopic (exact) mass is 340 g/mol. The van der Waals surface area contributed by atoms with Crippen LogP contribution in [0.1, 0.15) is 66.7 Å². The number of rotatable bonds is 4. The lowest BCUT2D eigenvalue weighted by atomic mass is 9.63. The summed E-state index contributed by atoms with van der Waals surface area (Å²) in [6, 6.07) is 0. The SMILES string of the molecule is C[C@H](CC=CS(=O)(=O)C(C)(C)C)C1=CC[C@H]2[C@@H](O)CCC[C@]12C. The van der Waals surface area contributed by atoms with Gasteiger partial charge in [-0.05, 0) is 70.1 Å². The van der Waals surface area contributed by atoms with E-state index in [4.69, 9.17) is 0 Å². The average molecular weight is 341 g/mol. The summed E-state index contributed by atoms with van der Waals surface area (Å²) < 4.78 is 23.6. The molecule has 1 N–H and O–H groups in total. The molecule has 0 aromatic heterocycles. The van der Waals surface area contributed by atoms with E-state index in [1.54, 1.807) is 20.8 Å². The van der Waals surface area contributed by atoms with Gasteiger partial charge in [0.15, 0.2) is 9.84 Å². The van der Waals surface area contributed by atoms with E-state index >= 15 is 0 Å². The highest BCUT2D eigenvalue weighted by Crippen LogP contribution is 2.55. The second kappa shape index (κ2) is 6.36. The molecule has 0 bridgehead atoms. The number of hydrogen-bond acceptors (Lipinski definition) is 3. The van der Waals surface area contributed by atoms with Crippen molar-refractivity contribution in [2.45, 2.75) is 77.6 Å². The van der Waals surface area contributed by atoms with Gasteiger partial charge in [-0.2, -0.15) is 0 Å². The molecule has 0 aromatic carbocycles. The molecule has 1 saturated carbocycles.